The van der Waals surface area contributed by atoms with E-state index in [1.54, 1.807) is 24.5 Å². The van der Waals surface area contributed by atoms with Crippen LogP contribution in [0.3, 0.4) is 0 Å². The van der Waals surface area contributed by atoms with Gasteiger partial charge in [0.1, 0.15) is 0 Å². The van der Waals surface area contributed by atoms with Gasteiger partial charge in [0.25, 0.3) is 0 Å². The molecule has 2 aromatic rings. The van der Waals surface area contributed by atoms with Crippen LogP contribution in [0.1, 0.15) is 29.5 Å². The first kappa shape index (κ1) is 18.7. The molecule has 1 aromatic carbocycles. The second-order valence-electron chi connectivity index (χ2n) is 6.27. The molecule has 0 spiro atoms. The van der Waals surface area contributed by atoms with Crippen molar-refractivity contribution in [2.75, 3.05) is 0 Å². The Morgan fingerprint density at radius 3 is 2.23 bits per heavy atom. The maximum Gasteiger partial charge on any atom is 0.360 e. The fraction of sp³-hybridized carbons (Fsp3) is 0.250. The number of fused-ring (bicyclic) bond motifs is 1. The van der Waals surface area contributed by atoms with Crippen LogP contribution in [0.4, 0.5) is 17.6 Å². The van der Waals surface area contributed by atoms with Crippen molar-refractivity contribution in [3.8, 4) is 0 Å². The third kappa shape index (κ3) is 3.70. The van der Waals surface area contributed by atoms with E-state index < -0.39 is 17.6 Å². The molecule has 136 valence electrons. The van der Waals surface area contributed by atoms with E-state index in [1.807, 2.05) is 12.1 Å². The van der Waals surface area contributed by atoms with E-state index in [0.29, 0.717) is 18.4 Å². The molecule has 2 heterocycles. The summed E-state index contributed by atoms with van der Waals surface area (Å²) in [4.78, 5) is 4.15. The van der Waals surface area contributed by atoms with Crippen molar-refractivity contribution >= 4 is 22.9 Å². The highest BCUT2D eigenvalue weighted by atomic mass is 32.2. The van der Waals surface area contributed by atoms with E-state index in [9.17, 15) is 17.6 Å². The van der Waals surface area contributed by atoms with E-state index in [1.165, 1.54) is 6.07 Å². The topological polar surface area (TPSA) is 12.9 Å². The summed E-state index contributed by atoms with van der Waals surface area (Å²) in [6, 6.07) is 8.40. The number of benzene rings is 1. The largest absolute Gasteiger partial charge is 0.360 e. The minimum absolute atomic E-state index is 0.0760. The smallest absolute Gasteiger partial charge is 0.265 e. The van der Waals surface area contributed by atoms with Crippen LogP contribution in [-0.2, 0) is 6.42 Å². The molecule has 0 aliphatic carbocycles. The first-order valence-corrected chi connectivity index (χ1v) is 8.85. The van der Waals surface area contributed by atoms with Gasteiger partial charge in [-0.1, -0.05) is 25.3 Å². The molecule has 0 unspecified atom stereocenters. The van der Waals surface area contributed by atoms with Crippen LogP contribution in [-0.4, -0.2) is 16.2 Å². The Hall–Kier alpha value is -2.08. The number of hydrogen-bond acceptors (Lipinski definition) is 2. The van der Waals surface area contributed by atoms with Gasteiger partial charge in [0.05, 0.1) is 0 Å². The van der Waals surface area contributed by atoms with Crippen LogP contribution in [0, 0.1) is 0 Å². The van der Waals surface area contributed by atoms with E-state index in [4.69, 9.17) is 0 Å². The van der Waals surface area contributed by atoms with Gasteiger partial charge in [0.15, 0.2) is 0 Å². The van der Waals surface area contributed by atoms with Crippen LogP contribution in [0.15, 0.2) is 60.8 Å². The molecule has 6 heteroatoms. The highest BCUT2D eigenvalue weighted by molar-refractivity contribution is 8.00. The van der Waals surface area contributed by atoms with Crippen molar-refractivity contribution in [2.24, 2.45) is 0 Å². The Kier molecular flexibility index (Phi) is 4.97. The summed E-state index contributed by atoms with van der Waals surface area (Å²) >= 11 is -0.0760. The van der Waals surface area contributed by atoms with Gasteiger partial charge in [0, 0.05) is 23.7 Å². The Morgan fingerprint density at radius 2 is 1.58 bits per heavy atom. The van der Waals surface area contributed by atoms with Crippen LogP contribution < -0.4 is 0 Å². The molecule has 0 bridgehead atoms. The summed E-state index contributed by atoms with van der Waals surface area (Å²) in [5.74, 6) is -4.06. The zero-order valence-corrected chi connectivity index (χ0v) is 14.8. The van der Waals surface area contributed by atoms with Crippen molar-refractivity contribution < 1.29 is 17.6 Å². The highest BCUT2D eigenvalue weighted by Crippen LogP contribution is 2.53. The Balaban J connectivity index is 1.71. The number of nitrogens with zero attached hydrogens (tertiary/aromatic N) is 1. The van der Waals surface area contributed by atoms with E-state index in [2.05, 4.69) is 18.1 Å². The highest BCUT2D eigenvalue weighted by Gasteiger charge is 2.59. The standard InChI is InChI=1S/C20H17F4NS/c1-13(15-7-9-25-10-8-15)3-4-14(2)16-5-6-18-17(11-16)12-19(21,22)20(23,24)26-18/h5-11H,1-4,12H2. The summed E-state index contributed by atoms with van der Waals surface area (Å²) in [5.41, 5.74) is 3.59. The lowest BCUT2D eigenvalue weighted by atomic mass is 9.95. The first-order chi connectivity index (χ1) is 12.2. The molecule has 1 nitrogen and oxygen atoms in total. The van der Waals surface area contributed by atoms with Crippen LogP contribution in [0.5, 0.6) is 0 Å². The maximum absolute atomic E-state index is 13.6. The summed E-state index contributed by atoms with van der Waals surface area (Å²) in [6.45, 7) is 8.05. The number of thioether (sulfide) groups is 1. The lowest BCUT2D eigenvalue weighted by Crippen LogP contribution is -2.42. The number of alkyl halides is 4. The molecule has 1 aliphatic rings. The van der Waals surface area contributed by atoms with E-state index in [0.717, 1.165) is 16.7 Å². The van der Waals surface area contributed by atoms with Crippen molar-refractivity contribution in [2.45, 2.75) is 35.3 Å². The minimum Gasteiger partial charge on any atom is -0.265 e. The fourth-order valence-electron chi connectivity index (χ4n) is 2.77. The van der Waals surface area contributed by atoms with Crippen molar-refractivity contribution in [3.05, 3.63) is 72.6 Å². The van der Waals surface area contributed by atoms with Crippen molar-refractivity contribution in [1.29, 1.82) is 0 Å². The zero-order valence-electron chi connectivity index (χ0n) is 13.9. The monoisotopic (exact) mass is 379 g/mol. The molecule has 0 amide bonds. The van der Waals surface area contributed by atoms with Gasteiger partial charge in [-0.2, -0.15) is 17.6 Å². The van der Waals surface area contributed by atoms with Gasteiger partial charge in [-0.3, -0.25) is 4.98 Å². The van der Waals surface area contributed by atoms with E-state index >= 15 is 0 Å². The summed E-state index contributed by atoms with van der Waals surface area (Å²) < 4.78 is 54.2. The average molecular weight is 379 g/mol. The lowest BCUT2D eigenvalue weighted by Gasteiger charge is -2.31. The summed E-state index contributed by atoms with van der Waals surface area (Å²) in [7, 11) is 0. The molecule has 0 saturated carbocycles. The van der Waals surface area contributed by atoms with Crippen molar-refractivity contribution in [3.63, 3.8) is 0 Å². The predicted molar refractivity (Wildman–Crippen MR) is 97.4 cm³/mol. The number of pyridine rings is 1. The molecule has 0 radical (unpaired) electrons. The molecule has 1 aliphatic heterocycles. The van der Waals surface area contributed by atoms with Gasteiger partial charge in [-0.15, -0.1) is 0 Å². The summed E-state index contributed by atoms with van der Waals surface area (Å²) in [5, 5.41) is -4.08. The molecule has 26 heavy (non-hydrogen) atoms. The molecule has 0 atom stereocenters. The number of halogens is 4. The zero-order chi connectivity index (χ0) is 18.9. The molecular weight excluding hydrogens is 362 g/mol. The third-order valence-corrected chi connectivity index (χ3v) is 5.54. The van der Waals surface area contributed by atoms with E-state index in [-0.39, 0.29) is 22.2 Å². The van der Waals surface area contributed by atoms with Gasteiger partial charge in [-0.05, 0) is 70.6 Å². The molecule has 3 rings (SSSR count). The quantitative estimate of drug-likeness (QED) is 0.553. The van der Waals surface area contributed by atoms with Gasteiger partial charge >= 0.3 is 11.2 Å². The van der Waals surface area contributed by atoms with Gasteiger partial charge in [0.2, 0.25) is 0 Å². The number of rotatable bonds is 5. The second kappa shape index (κ2) is 6.91. The fourth-order valence-corrected chi connectivity index (χ4v) is 3.67. The van der Waals surface area contributed by atoms with Gasteiger partial charge < -0.3 is 0 Å². The SMILES string of the molecule is C=C(CCC(=C)c1ccc2c(c1)CC(F)(F)C(F)(F)S2)c1ccncc1. The number of allylic oxidation sites excluding steroid dienone is 2. The van der Waals surface area contributed by atoms with Crippen molar-refractivity contribution in [1.82, 2.24) is 4.98 Å². The van der Waals surface area contributed by atoms with Crippen LogP contribution in [0.2, 0.25) is 0 Å². The number of aromatic nitrogens is 1. The Labute approximate surface area is 153 Å². The first-order valence-electron chi connectivity index (χ1n) is 8.03. The maximum atomic E-state index is 13.6. The minimum atomic E-state index is -4.08. The number of hydrogen-bond donors (Lipinski definition) is 0. The normalized spacial score (nSPS) is 17.4. The second-order valence-corrected chi connectivity index (χ2v) is 7.42. The van der Waals surface area contributed by atoms with Crippen LogP contribution >= 0.6 is 11.8 Å². The average Bonchev–Trinajstić information content (AvgIpc) is 2.60. The molecule has 0 N–H and O–H groups in total. The van der Waals surface area contributed by atoms with Gasteiger partial charge in [-0.25, -0.2) is 0 Å². The summed E-state index contributed by atoms with van der Waals surface area (Å²) in [6.07, 6.45) is 3.66. The molecule has 1 aromatic heterocycles. The van der Waals surface area contributed by atoms with Crippen LogP contribution in [0.25, 0.3) is 11.1 Å². The molecule has 0 saturated heterocycles. The predicted octanol–water partition coefficient (Wildman–Crippen LogP) is 6.46. The lowest BCUT2D eigenvalue weighted by molar-refractivity contribution is -0.153. The Morgan fingerprint density at radius 1 is 0.962 bits per heavy atom. The molecular formula is C20H17F4NS. The molecule has 0 fully saturated rings. The third-order valence-electron chi connectivity index (χ3n) is 4.36. The Bertz CT molecular complexity index is 846.